The highest BCUT2D eigenvalue weighted by atomic mass is 16.2. The number of fused-ring (bicyclic) bond motifs is 1. The highest BCUT2D eigenvalue weighted by Crippen LogP contribution is 2.44. The summed E-state index contributed by atoms with van der Waals surface area (Å²) < 4.78 is 2.09. The normalized spacial score (nSPS) is 21.4. The average Bonchev–Trinajstić information content (AvgIpc) is 3.27. The molecule has 6 nitrogen and oxygen atoms in total. The minimum absolute atomic E-state index is 0.107. The highest BCUT2D eigenvalue weighted by Gasteiger charge is 2.50. The Hall–Kier alpha value is -3.35. The van der Waals surface area contributed by atoms with Crippen molar-refractivity contribution in [2.24, 2.45) is 15.1 Å². The summed E-state index contributed by atoms with van der Waals surface area (Å²) in [6, 6.07) is 9.73. The number of likely N-dealkylation sites (tertiary alicyclic amines) is 1. The van der Waals surface area contributed by atoms with E-state index >= 15 is 0 Å². The summed E-state index contributed by atoms with van der Waals surface area (Å²) in [4.78, 5) is 24.6. The second-order valence-electron chi connectivity index (χ2n) is 9.73. The van der Waals surface area contributed by atoms with Crippen molar-refractivity contribution in [2.75, 3.05) is 6.54 Å². The van der Waals surface area contributed by atoms with E-state index in [1.54, 1.807) is 6.08 Å². The van der Waals surface area contributed by atoms with Gasteiger partial charge in [0, 0.05) is 31.3 Å². The molecule has 1 fully saturated rings. The monoisotopic (exact) mass is 492 g/mol. The number of aliphatic imine (C=N–C) groups is 2. The average molecular weight is 492 g/mol. The van der Waals surface area contributed by atoms with Gasteiger partial charge in [-0.3, -0.25) is 14.8 Å². The van der Waals surface area contributed by atoms with Crippen LogP contribution in [0.15, 0.2) is 87.1 Å². The van der Waals surface area contributed by atoms with Crippen LogP contribution in [0.25, 0.3) is 0 Å². The molecule has 1 aromatic rings. The number of nitrogens with zero attached hydrogens (tertiary/aromatic N) is 5. The first-order valence-corrected chi connectivity index (χ1v) is 13.1. The fourth-order valence-electron chi connectivity index (χ4n) is 5.24. The smallest absolute Gasteiger partial charge is 0.291 e. The van der Waals surface area contributed by atoms with E-state index in [0.29, 0.717) is 35.6 Å². The molecule has 1 atom stereocenters. The standard InChI is InChI=1S/C30H35BN5O/c1-7-11-24-27-25(9-3)35(30(37)29-28(32-10-4)22(8-2)23(31)18-33-29)17-16-26(27)36(34-24)21-14-12-20(13-15-21)19(5)6/h8,10,12-15,18-19,25H,2,4,7,9,11,16-17H2,1,3,5-6H3/q+1/t25-/m0/s1. The maximum Gasteiger partial charge on any atom is 0.291 e. The Balaban J connectivity index is 1.68. The third-order valence-electron chi connectivity index (χ3n) is 7.09. The van der Waals surface area contributed by atoms with Gasteiger partial charge in [0.2, 0.25) is 5.69 Å². The summed E-state index contributed by atoms with van der Waals surface area (Å²) in [7, 11) is 6.10. The van der Waals surface area contributed by atoms with Crippen molar-refractivity contribution in [1.82, 2.24) is 4.90 Å². The molecule has 4 rings (SSSR count). The maximum atomic E-state index is 14.0. The van der Waals surface area contributed by atoms with Gasteiger partial charge >= 0.3 is 0 Å². The molecular weight excluding hydrogens is 457 g/mol. The van der Waals surface area contributed by atoms with Crippen LogP contribution < -0.4 is 0 Å². The van der Waals surface area contributed by atoms with E-state index < -0.39 is 0 Å². The number of piperidine rings is 1. The molecule has 37 heavy (non-hydrogen) atoms. The number of benzene rings is 1. The molecule has 0 unspecified atom stereocenters. The van der Waals surface area contributed by atoms with Crippen molar-refractivity contribution >= 4 is 30.9 Å². The Morgan fingerprint density at radius 3 is 2.59 bits per heavy atom. The van der Waals surface area contributed by atoms with Crippen LogP contribution in [0.4, 0.5) is 5.69 Å². The number of amides is 1. The molecule has 0 N–H and O–H groups in total. The highest BCUT2D eigenvalue weighted by molar-refractivity contribution is 6.71. The number of hydrogen-bond acceptors (Lipinski definition) is 4. The quantitative estimate of drug-likeness (QED) is 0.309. The molecule has 0 saturated carbocycles. The lowest BCUT2D eigenvalue weighted by atomic mass is 9.83. The lowest BCUT2D eigenvalue weighted by molar-refractivity contribution is -0.487. The number of dihydropyridines is 1. The van der Waals surface area contributed by atoms with Gasteiger partial charge in [0.05, 0.1) is 18.2 Å². The van der Waals surface area contributed by atoms with Gasteiger partial charge in [-0.25, -0.2) is 0 Å². The lowest BCUT2D eigenvalue weighted by Crippen LogP contribution is -2.52. The van der Waals surface area contributed by atoms with Gasteiger partial charge in [-0.15, -0.1) is 0 Å². The summed E-state index contributed by atoms with van der Waals surface area (Å²) in [6.07, 6.45) is 6.32. The van der Waals surface area contributed by atoms with Crippen LogP contribution in [0, 0.1) is 12.6 Å². The molecule has 3 aliphatic heterocycles. The minimum atomic E-state index is -0.169. The van der Waals surface area contributed by atoms with Gasteiger partial charge in [-0.2, -0.15) is 0 Å². The molecule has 1 aromatic carbocycles. The second kappa shape index (κ2) is 11.4. The van der Waals surface area contributed by atoms with Crippen LogP contribution in [0.5, 0.6) is 0 Å². The molecule has 0 spiro atoms. The number of carbonyl (C=O) groups is 1. The number of carbonyl (C=O) groups excluding carboxylic acids is 1. The van der Waals surface area contributed by atoms with Gasteiger partial charge in [0.25, 0.3) is 11.9 Å². The van der Waals surface area contributed by atoms with Crippen LogP contribution >= 0.6 is 0 Å². The number of azo groups is 2. The van der Waals surface area contributed by atoms with Gasteiger partial charge in [-0.1, -0.05) is 75.7 Å². The van der Waals surface area contributed by atoms with E-state index in [0.717, 1.165) is 30.6 Å². The number of rotatable bonds is 8. The largest absolute Gasteiger partial charge is 0.330 e. The summed E-state index contributed by atoms with van der Waals surface area (Å²) in [5.74, 6) is 0.305. The molecule has 1 saturated heterocycles. The molecule has 188 valence electrons. The van der Waals surface area contributed by atoms with E-state index in [1.165, 1.54) is 29.9 Å². The van der Waals surface area contributed by atoms with Crippen molar-refractivity contribution in [3.63, 3.8) is 0 Å². The maximum absolute atomic E-state index is 14.0. The predicted octanol–water partition coefficient (Wildman–Crippen LogP) is 6.33. The summed E-state index contributed by atoms with van der Waals surface area (Å²) in [5, 5.41) is 5.08. The molecule has 0 aromatic heterocycles. The molecule has 4 radical (unpaired) electrons. The Bertz CT molecular complexity index is 1250. The molecule has 1 amide bonds. The molecule has 0 bridgehead atoms. The molecule has 3 aliphatic rings. The topological polar surface area (TPSA) is 60.4 Å². The first-order valence-electron chi connectivity index (χ1n) is 13.1. The van der Waals surface area contributed by atoms with Crippen molar-refractivity contribution in [3.8, 4) is 0 Å². The Kier molecular flexibility index (Phi) is 8.21. The van der Waals surface area contributed by atoms with Crippen molar-refractivity contribution in [1.29, 1.82) is 0 Å². The van der Waals surface area contributed by atoms with Gasteiger partial charge in [0.15, 0.2) is 0 Å². The van der Waals surface area contributed by atoms with Crippen molar-refractivity contribution in [3.05, 3.63) is 90.2 Å². The fraction of sp³-hybridized carbons (Fsp3) is 0.367. The van der Waals surface area contributed by atoms with Crippen LogP contribution in [0.2, 0.25) is 0 Å². The minimum Gasteiger partial charge on any atom is -0.330 e. The molecule has 0 aliphatic carbocycles. The van der Waals surface area contributed by atoms with Crippen LogP contribution in [0.3, 0.4) is 0 Å². The fourth-order valence-corrected chi connectivity index (χ4v) is 5.24. The summed E-state index contributed by atoms with van der Waals surface area (Å²) in [6.45, 7) is 18.3. The van der Waals surface area contributed by atoms with Gasteiger partial charge < -0.3 is 4.90 Å². The van der Waals surface area contributed by atoms with Crippen LogP contribution in [-0.4, -0.2) is 47.4 Å². The van der Waals surface area contributed by atoms with Crippen molar-refractivity contribution < 1.29 is 9.49 Å². The van der Waals surface area contributed by atoms with E-state index in [2.05, 4.69) is 79.8 Å². The third-order valence-corrected chi connectivity index (χ3v) is 7.09. The zero-order valence-electron chi connectivity index (χ0n) is 22.4. The zero-order chi connectivity index (χ0) is 26.7. The van der Waals surface area contributed by atoms with Gasteiger partial charge in [0.1, 0.15) is 25.0 Å². The number of hydrogen-bond donors (Lipinski definition) is 0. The second-order valence-corrected chi connectivity index (χ2v) is 9.73. The molecule has 3 heterocycles. The predicted molar refractivity (Wildman–Crippen MR) is 151 cm³/mol. The number of allylic oxidation sites excluding steroid dienone is 3. The lowest BCUT2D eigenvalue weighted by Gasteiger charge is -2.37. The Labute approximate surface area is 222 Å². The Morgan fingerprint density at radius 1 is 1.27 bits per heavy atom. The van der Waals surface area contributed by atoms with E-state index in [9.17, 15) is 4.79 Å². The van der Waals surface area contributed by atoms with Crippen molar-refractivity contribution in [2.45, 2.75) is 65.3 Å². The SMILES string of the molecule is [B]C1=C(C=C)C(=NC=C)C(C(=O)N2CC[C]3C(=C(CCC)N=[N+]3c3ccc(C(C)C)cc3)[C@@H]2CC)=N[CH]1. The van der Waals surface area contributed by atoms with E-state index in [4.69, 9.17) is 13.0 Å². The van der Waals surface area contributed by atoms with E-state index in [1.807, 2.05) is 4.90 Å². The van der Waals surface area contributed by atoms with Crippen LogP contribution in [0.1, 0.15) is 64.9 Å². The molecular formula is C30H35BN5O+. The first kappa shape index (κ1) is 26.7. The van der Waals surface area contributed by atoms with Gasteiger partial charge in [-0.05, 0) is 35.0 Å². The summed E-state index contributed by atoms with van der Waals surface area (Å²) in [5.41, 5.74) is 6.27. The summed E-state index contributed by atoms with van der Waals surface area (Å²) >= 11 is 0. The Morgan fingerprint density at radius 2 is 2.00 bits per heavy atom. The first-order chi connectivity index (χ1) is 17.9. The third kappa shape index (κ3) is 4.96. The zero-order valence-corrected chi connectivity index (χ0v) is 22.4. The van der Waals surface area contributed by atoms with Crippen LogP contribution in [-0.2, 0) is 4.79 Å². The molecule has 7 heteroatoms. The van der Waals surface area contributed by atoms with E-state index in [-0.39, 0.29) is 17.7 Å².